The Morgan fingerprint density at radius 3 is 1.59 bits per heavy atom. The molecule has 0 amide bonds. The van der Waals surface area contributed by atoms with Crippen LogP contribution >= 0.6 is 0 Å². The summed E-state index contributed by atoms with van der Waals surface area (Å²) in [4.78, 5) is 6.31. The van der Waals surface area contributed by atoms with Crippen LogP contribution in [-0.2, 0) is 0 Å². The molecule has 7 aromatic rings. The number of aryl methyl sites for hydroxylation is 2. The van der Waals surface area contributed by atoms with Crippen LogP contribution in [0.25, 0.3) is 50.7 Å². The summed E-state index contributed by atoms with van der Waals surface area (Å²) in [5.41, 5.74) is 10.7. The Morgan fingerprint density at radius 2 is 1.02 bits per heavy atom. The number of anilines is 3. The van der Waals surface area contributed by atoms with Crippen LogP contribution < -0.4 is 4.90 Å². The summed E-state index contributed by atoms with van der Waals surface area (Å²) >= 11 is 0. The molecular weight excluding hydrogens is 595 g/mol. The second kappa shape index (κ2) is 13.6. The van der Waals surface area contributed by atoms with Crippen LogP contribution in [0.15, 0.2) is 140 Å². The number of nitrogens with zero attached hydrogens (tertiary/aromatic N) is 3. The lowest BCUT2D eigenvalue weighted by molar-refractivity contribution is 1.27. The van der Waals surface area contributed by atoms with Crippen LogP contribution in [0.2, 0.25) is 0 Å². The van der Waals surface area contributed by atoms with Crippen molar-refractivity contribution in [2.45, 2.75) is 13.8 Å². The second-order valence-electron chi connectivity index (χ2n) is 12.2. The van der Waals surface area contributed by atoms with E-state index in [1.54, 1.807) is 0 Å². The van der Waals surface area contributed by atoms with Crippen molar-refractivity contribution in [3.05, 3.63) is 190 Å². The van der Waals surface area contributed by atoms with Crippen molar-refractivity contribution in [2.24, 2.45) is 0 Å². The highest BCUT2D eigenvalue weighted by atomic mass is 15.1. The van der Waals surface area contributed by atoms with Gasteiger partial charge < -0.3 is 4.90 Å². The van der Waals surface area contributed by atoms with Gasteiger partial charge in [-0.3, -0.25) is 0 Å². The molecule has 3 heteroatoms. The minimum absolute atomic E-state index is 0.557. The molecule has 0 spiro atoms. The predicted molar refractivity (Wildman–Crippen MR) is 207 cm³/mol. The van der Waals surface area contributed by atoms with Crippen LogP contribution in [0.3, 0.4) is 0 Å². The molecule has 3 nitrogen and oxygen atoms in total. The van der Waals surface area contributed by atoms with E-state index in [0.717, 1.165) is 60.9 Å². The van der Waals surface area contributed by atoms with Gasteiger partial charge in [0.2, 0.25) is 5.69 Å². The Kier molecular flexibility index (Phi) is 8.58. The largest absolute Gasteiger partial charge is 0.311 e. The van der Waals surface area contributed by atoms with Crippen molar-refractivity contribution in [1.29, 1.82) is 5.26 Å². The zero-order valence-electron chi connectivity index (χ0n) is 27.4. The fraction of sp³-hybridized carbons (Fsp3) is 0.0435. The quantitative estimate of drug-likeness (QED) is 0.100. The molecule has 7 rings (SSSR count). The SMILES string of the molecule is [C-]#[N+]c1c2cccc(C=Cc3ccc(C)cc3)c2c(C#N)c2cccc(C=Cc3ccc(N(c4ccccc4)c4ccc(C)cc4)cc3)c12. The molecule has 0 atom stereocenters. The Balaban J connectivity index is 1.28. The third-order valence-electron chi connectivity index (χ3n) is 8.87. The van der Waals surface area contributed by atoms with Crippen molar-refractivity contribution in [3.63, 3.8) is 0 Å². The van der Waals surface area contributed by atoms with Crippen LogP contribution in [0, 0.1) is 31.8 Å². The average Bonchev–Trinajstić information content (AvgIpc) is 3.14. The molecule has 0 heterocycles. The fourth-order valence-corrected chi connectivity index (χ4v) is 6.37. The molecule has 7 aromatic carbocycles. The van der Waals surface area contributed by atoms with Gasteiger partial charge in [0.25, 0.3) is 0 Å². The first-order valence-corrected chi connectivity index (χ1v) is 16.3. The van der Waals surface area contributed by atoms with E-state index >= 15 is 0 Å². The van der Waals surface area contributed by atoms with Crippen molar-refractivity contribution >= 4 is 68.6 Å². The Hall–Kier alpha value is -6.68. The monoisotopic (exact) mass is 627 g/mol. The molecule has 0 unspecified atom stereocenters. The first kappa shape index (κ1) is 30.9. The van der Waals surface area contributed by atoms with E-state index in [-0.39, 0.29) is 0 Å². The normalized spacial score (nSPS) is 11.3. The minimum atomic E-state index is 0.557. The van der Waals surface area contributed by atoms with Gasteiger partial charge in [-0.1, -0.05) is 139 Å². The van der Waals surface area contributed by atoms with Gasteiger partial charge in [-0.15, -0.1) is 0 Å². The standard InChI is InChI=1S/C46H33N3/c1-32-15-19-34(20-16-32)21-25-36-9-8-14-42-44(36)43(31-47)41-13-7-10-37(45(41)46(42)48-3)26-22-35-23-29-40(30-24-35)49(38-11-5-4-6-12-38)39-27-17-33(2)18-28-39/h4-30H,1-2H3. The molecule has 0 radical (unpaired) electrons. The Bertz CT molecular complexity index is 2440. The van der Waals surface area contributed by atoms with Crippen LogP contribution in [0.5, 0.6) is 0 Å². The maximum absolute atomic E-state index is 10.5. The average molecular weight is 628 g/mol. The third-order valence-corrected chi connectivity index (χ3v) is 8.87. The summed E-state index contributed by atoms with van der Waals surface area (Å²) in [5.74, 6) is 0. The number of hydrogen-bond acceptors (Lipinski definition) is 2. The van der Waals surface area contributed by atoms with Gasteiger partial charge in [-0.05, 0) is 94.0 Å². The molecule has 49 heavy (non-hydrogen) atoms. The zero-order valence-corrected chi connectivity index (χ0v) is 27.4. The first-order valence-electron chi connectivity index (χ1n) is 16.3. The molecule has 0 saturated heterocycles. The lowest BCUT2D eigenvalue weighted by Crippen LogP contribution is -2.09. The highest BCUT2D eigenvalue weighted by Gasteiger charge is 2.18. The van der Waals surface area contributed by atoms with Crippen LogP contribution in [-0.4, -0.2) is 0 Å². The smallest absolute Gasteiger partial charge is 0.203 e. The van der Waals surface area contributed by atoms with Gasteiger partial charge in [0, 0.05) is 17.1 Å². The minimum Gasteiger partial charge on any atom is -0.311 e. The lowest BCUT2D eigenvalue weighted by Gasteiger charge is -2.25. The van der Waals surface area contributed by atoms with E-state index in [0.29, 0.717) is 11.3 Å². The zero-order chi connectivity index (χ0) is 33.7. The van der Waals surface area contributed by atoms with Gasteiger partial charge >= 0.3 is 0 Å². The number of benzene rings is 7. The van der Waals surface area contributed by atoms with E-state index in [2.05, 4.69) is 145 Å². The van der Waals surface area contributed by atoms with Gasteiger partial charge in [-0.25, -0.2) is 4.85 Å². The molecule has 0 aliphatic heterocycles. The number of para-hydroxylation sites is 1. The molecule has 0 aliphatic carbocycles. The topological polar surface area (TPSA) is 31.4 Å². The summed E-state index contributed by atoms with van der Waals surface area (Å²) in [7, 11) is 0. The number of rotatable bonds is 7. The maximum Gasteiger partial charge on any atom is 0.203 e. The summed E-state index contributed by atoms with van der Waals surface area (Å²) < 4.78 is 0. The highest BCUT2D eigenvalue weighted by molar-refractivity contribution is 6.19. The number of hydrogen-bond donors (Lipinski definition) is 0. The van der Waals surface area contributed by atoms with Crippen molar-refractivity contribution in [2.75, 3.05) is 4.90 Å². The molecule has 0 aliphatic rings. The van der Waals surface area contributed by atoms with E-state index in [9.17, 15) is 5.26 Å². The molecule has 0 N–H and O–H groups in total. The summed E-state index contributed by atoms with van der Waals surface area (Å²) in [6.45, 7) is 12.4. The first-order chi connectivity index (χ1) is 24.0. The van der Waals surface area contributed by atoms with Crippen molar-refractivity contribution in [1.82, 2.24) is 0 Å². The van der Waals surface area contributed by atoms with Gasteiger partial charge in [0.05, 0.1) is 12.1 Å². The third kappa shape index (κ3) is 6.22. The molecule has 0 saturated carbocycles. The number of fused-ring (bicyclic) bond motifs is 2. The van der Waals surface area contributed by atoms with Crippen LogP contribution in [0.4, 0.5) is 22.7 Å². The fourth-order valence-electron chi connectivity index (χ4n) is 6.37. The van der Waals surface area contributed by atoms with Gasteiger partial charge in [-0.2, -0.15) is 5.26 Å². The predicted octanol–water partition coefficient (Wildman–Crippen LogP) is 12.8. The summed E-state index contributed by atoms with van der Waals surface area (Å²) in [6, 6.07) is 50.1. The second-order valence-corrected chi connectivity index (χ2v) is 12.2. The van der Waals surface area contributed by atoms with Gasteiger partial charge in [0.1, 0.15) is 6.07 Å². The summed E-state index contributed by atoms with van der Waals surface area (Å²) in [5, 5.41) is 13.7. The molecule has 232 valence electrons. The molecular formula is C46H33N3. The van der Waals surface area contributed by atoms with Crippen molar-refractivity contribution < 1.29 is 0 Å². The lowest BCUT2D eigenvalue weighted by atomic mass is 9.90. The molecule has 0 bridgehead atoms. The Labute approximate surface area is 287 Å². The number of nitriles is 1. The van der Waals surface area contributed by atoms with Crippen molar-refractivity contribution in [3.8, 4) is 6.07 Å². The molecule has 0 fully saturated rings. The van der Waals surface area contributed by atoms with Gasteiger partial charge in [0.15, 0.2) is 0 Å². The maximum atomic E-state index is 10.5. The van der Waals surface area contributed by atoms with Crippen LogP contribution in [0.1, 0.15) is 38.9 Å². The Morgan fingerprint density at radius 1 is 0.531 bits per heavy atom. The van der Waals surface area contributed by atoms with E-state index in [1.165, 1.54) is 11.1 Å². The summed E-state index contributed by atoms with van der Waals surface area (Å²) in [6.07, 6.45) is 8.22. The highest BCUT2D eigenvalue weighted by Crippen LogP contribution is 2.42. The van der Waals surface area contributed by atoms with E-state index in [4.69, 9.17) is 6.57 Å². The molecule has 0 aromatic heterocycles. The van der Waals surface area contributed by atoms with E-state index in [1.807, 2.05) is 48.5 Å². The van der Waals surface area contributed by atoms with E-state index < -0.39 is 0 Å².